The summed E-state index contributed by atoms with van der Waals surface area (Å²) in [7, 11) is 0. The van der Waals surface area contributed by atoms with Crippen LogP contribution in [0, 0.1) is 6.92 Å². The van der Waals surface area contributed by atoms with Crippen molar-refractivity contribution in [3.63, 3.8) is 0 Å². The van der Waals surface area contributed by atoms with Gasteiger partial charge in [0.1, 0.15) is 0 Å². The predicted octanol–water partition coefficient (Wildman–Crippen LogP) is 6.39. The van der Waals surface area contributed by atoms with Gasteiger partial charge in [-0.2, -0.15) is 0 Å². The number of H-pyrrole nitrogens is 1. The van der Waals surface area contributed by atoms with Crippen molar-refractivity contribution in [3.8, 4) is 0 Å². The van der Waals surface area contributed by atoms with Gasteiger partial charge in [0.25, 0.3) is 5.56 Å². The van der Waals surface area contributed by atoms with Crippen LogP contribution in [0.4, 0.5) is 0 Å². The van der Waals surface area contributed by atoms with Crippen LogP contribution in [-0.2, 0) is 12.2 Å². The van der Waals surface area contributed by atoms with E-state index in [-0.39, 0.29) is 5.56 Å². The predicted molar refractivity (Wildman–Crippen MR) is 119 cm³/mol. The molecule has 0 saturated heterocycles. The molecule has 1 heterocycles. The lowest BCUT2D eigenvalue weighted by Crippen LogP contribution is -2.16. The maximum Gasteiger partial charge on any atom is 0.254 e. The van der Waals surface area contributed by atoms with E-state index in [2.05, 4.69) is 48.1 Å². The molecule has 0 saturated carbocycles. The van der Waals surface area contributed by atoms with E-state index in [0.717, 1.165) is 11.3 Å². The number of hydrogen-bond donors (Lipinski definition) is 1. The molecule has 0 atom stereocenters. The Morgan fingerprint density at radius 1 is 1.07 bits per heavy atom. The molecule has 146 valence electrons. The van der Waals surface area contributed by atoms with Gasteiger partial charge in [0.15, 0.2) is 5.16 Å². The van der Waals surface area contributed by atoms with E-state index in [4.69, 9.17) is 23.2 Å². The first-order valence-corrected chi connectivity index (χ1v) is 10.8. The zero-order chi connectivity index (χ0) is 20.3. The number of nitrogens with zero attached hydrogens (tertiary/aromatic N) is 1. The lowest BCUT2D eigenvalue weighted by atomic mass is 10.0. The molecule has 28 heavy (non-hydrogen) atoms. The third kappa shape index (κ3) is 4.99. The smallest absolute Gasteiger partial charge is 0.254 e. The molecule has 0 fully saturated rings. The van der Waals surface area contributed by atoms with Crippen molar-refractivity contribution < 1.29 is 0 Å². The molecule has 0 amide bonds. The minimum atomic E-state index is -0.133. The number of hydrogen-bond acceptors (Lipinski definition) is 3. The monoisotopic (exact) mass is 432 g/mol. The van der Waals surface area contributed by atoms with Crippen LogP contribution in [0.3, 0.4) is 0 Å². The Kier molecular flexibility index (Phi) is 6.86. The molecule has 1 aromatic heterocycles. The summed E-state index contributed by atoms with van der Waals surface area (Å²) in [5.41, 5.74) is 4.43. The molecular weight excluding hydrogens is 411 g/mol. The highest BCUT2D eigenvalue weighted by atomic mass is 35.5. The van der Waals surface area contributed by atoms with Crippen LogP contribution in [0.1, 0.15) is 47.7 Å². The lowest BCUT2D eigenvalue weighted by molar-refractivity contribution is 0.857. The van der Waals surface area contributed by atoms with Crippen LogP contribution < -0.4 is 5.56 Å². The first kappa shape index (κ1) is 21.0. The standard InChI is InChI=1S/C22H22Cl2N2OS/c1-13(2)16-9-7-15(8-10-16)12-28-22-25-20(14(3)21(27)26-22)11-17-18(23)5-4-6-19(17)24/h4-10,13H,11-12H2,1-3H3,(H,25,26,27). The quantitative estimate of drug-likeness (QED) is 0.362. The number of aromatic amines is 1. The van der Waals surface area contributed by atoms with Crippen LogP contribution in [0.15, 0.2) is 52.4 Å². The number of nitrogens with one attached hydrogen (secondary N) is 1. The summed E-state index contributed by atoms with van der Waals surface area (Å²) >= 11 is 14.1. The summed E-state index contributed by atoms with van der Waals surface area (Å²) in [5.74, 6) is 1.24. The largest absolute Gasteiger partial charge is 0.301 e. The van der Waals surface area contributed by atoms with Crippen molar-refractivity contribution in [2.24, 2.45) is 0 Å². The maximum absolute atomic E-state index is 12.4. The number of benzene rings is 2. The third-order valence-corrected chi connectivity index (χ3v) is 6.31. The Hall–Kier alpha value is -1.75. The fraction of sp³-hybridized carbons (Fsp3) is 0.273. The third-order valence-electron chi connectivity index (χ3n) is 4.66. The number of halogens is 2. The molecule has 0 aliphatic heterocycles. The van der Waals surface area contributed by atoms with Crippen molar-refractivity contribution in [1.29, 1.82) is 0 Å². The average molecular weight is 433 g/mol. The summed E-state index contributed by atoms with van der Waals surface area (Å²) in [6.07, 6.45) is 0.422. The Morgan fingerprint density at radius 2 is 1.71 bits per heavy atom. The summed E-state index contributed by atoms with van der Waals surface area (Å²) in [4.78, 5) is 19.9. The van der Waals surface area contributed by atoms with E-state index in [0.29, 0.717) is 38.8 Å². The molecule has 6 heteroatoms. The van der Waals surface area contributed by atoms with Gasteiger partial charge < -0.3 is 4.98 Å². The van der Waals surface area contributed by atoms with Crippen molar-refractivity contribution >= 4 is 35.0 Å². The fourth-order valence-electron chi connectivity index (χ4n) is 2.82. The van der Waals surface area contributed by atoms with Crippen LogP contribution in [-0.4, -0.2) is 9.97 Å². The zero-order valence-corrected chi connectivity index (χ0v) is 18.4. The van der Waals surface area contributed by atoms with Gasteiger partial charge in [-0.15, -0.1) is 0 Å². The van der Waals surface area contributed by atoms with E-state index in [1.807, 2.05) is 0 Å². The van der Waals surface area contributed by atoms with Crippen LogP contribution in [0.5, 0.6) is 0 Å². The first-order valence-electron chi connectivity index (χ1n) is 9.09. The van der Waals surface area contributed by atoms with Crippen molar-refractivity contribution in [3.05, 3.63) is 90.8 Å². The molecule has 3 aromatic rings. The number of aromatic nitrogens is 2. The molecule has 1 N–H and O–H groups in total. The van der Waals surface area contributed by atoms with Gasteiger partial charge in [0.2, 0.25) is 0 Å². The molecule has 0 radical (unpaired) electrons. The second-order valence-corrected chi connectivity index (χ2v) is 8.78. The number of thioether (sulfide) groups is 1. The molecule has 0 aliphatic carbocycles. The van der Waals surface area contributed by atoms with Crippen molar-refractivity contribution in [2.45, 2.75) is 44.0 Å². The van der Waals surface area contributed by atoms with Crippen LogP contribution in [0.25, 0.3) is 0 Å². The van der Waals surface area contributed by atoms with Gasteiger partial charge in [0.05, 0.1) is 5.69 Å². The van der Waals surface area contributed by atoms with Gasteiger partial charge in [-0.1, -0.05) is 79.1 Å². The second-order valence-electron chi connectivity index (χ2n) is 7.00. The van der Waals surface area contributed by atoms with Crippen LogP contribution in [0.2, 0.25) is 10.0 Å². The SMILES string of the molecule is Cc1c(Cc2c(Cl)cccc2Cl)nc(SCc2ccc(C(C)C)cc2)[nH]c1=O. The van der Waals surface area contributed by atoms with Gasteiger partial charge in [-0.05, 0) is 41.7 Å². The molecule has 0 aliphatic rings. The Bertz CT molecular complexity index is 1010. The van der Waals surface area contributed by atoms with Gasteiger partial charge in [0, 0.05) is 27.8 Å². The van der Waals surface area contributed by atoms with E-state index in [1.165, 1.54) is 22.9 Å². The Morgan fingerprint density at radius 3 is 2.32 bits per heavy atom. The zero-order valence-electron chi connectivity index (χ0n) is 16.1. The Labute approximate surface area is 179 Å². The molecule has 0 bridgehead atoms. The van der Waals surface area contributed by atoms with E-state index in [9.17, 15) is 4.79 Å². The molecule has 0 spiro atoms. The van der Waals surface area contributed by atoms with Crippen molar-refractivity contribution in [1.82, 2.24) is 9.97 Å². The van der Waals surface area contributed by atoms with E-state index in [1.54, 1.807) is 25.1 Å². The van der Waals surface area contributed by atoms with Gasteiger partial charge in [-0.25, -0.2) is 4.98 Å². The van der Waals surface area contributed by atoms with Crippen LogP contribution >= 0.6 is 35.0 Å². The lowest BCUT2D eigenvalue weighted by Gasteiger charge is -2.10. The summed E-state index contributed by atoms with van der Waals surface area (Å²) in [5, 5.41) is 1.75. The molecule has 3 nitrogen and oxygen atoms in total. The normalized spacial score (nSPS) is 11.2. The summed E-state index contributed by atoms with van der Waals surface area (Å²) < 4.78 is 0. The minimum absolute atomic E-state index is 0.133. The first-order chi connectivity index (χ1) is 13.3. The minimum Gasteiger partial charge on any atom is -0.301 e. The number of rotatable bonds is 6. The molecule has 2 aromatic carbocycles. The molecule has 0 unspecified atom stereocenters. The second kappa shape index (κ2) is 9.17. The summed E-state index contributed by atoms with van der Waals surface area (Å²) in [6.45, 7) is 6.12. The van der Waals surface area contributed by atoms with Crippen molar-refractivity contribution in [2.75, 3.05) is 0 Å². The Balaban J connectivity index is 1.80. The van der Waals surface area contributed by atoms with Gasteiger partial charge in [-0.3, -0.25) is 4.79 Å². The highest BCUT2D eigenvalue weighted by Gasteiger charge is 2.13. The summed E-state index contributed by atoms with van der Waals surface area (Å²) in [6, 6.07) is 13.9. The molecule has 3 rings (SSSR count). The van der Waals surface area contributed by atoms with Gasteiger partial charge >= 0.3 is 0 Å². The highest BCUT2D eigenvalue weighted by Crippen LogP contribution is 2.28. The average Bonchev–Trinajstić information content (AvgIpc) is 2.67. The topological polar surface area (TPSA) is 45.8 Å². The maximum atomic E-state index is 12.4. The van der Waals surface area contributed by atoms with E-state index < -0.39 is 0 Å². The molecular formula is C22H22Cl2N2OS. The van der Waals surface area contributed by atoms with E-state index >= 15 is 0 Å². The fourth-order valence-corrected chi connectivity index (χ4v) is 4.18. The highest BCUT2D eigenvalue weighted by molar-refractivity contribution is 7.98.